The lowest BCUT2D eigenvalue weighted by atomic mass is 9.93. The number of fused-ring (bicyclic) bond motifs is 3. The van der Waals surface area contributed by atoms with Crippen molar-refractivity contribution in [1.29, 1.82) is 0 Å². The minimum Gasteiger partial charge on any atom is -0.492 e. The fourth-order valence-electron chi connectivity index (χ4n) is 2.66. The minimum absolute atomic E-state index is 0.216. The summed E-state index contributed by atoms with van der Waals surface area (Å²) >= 11 is 0. The van der Waals surface area contributed by atoms with E-state index < -0.39 is 11.9 Å². The maximum absolute atomic E-state index is 12.6. The van der Waals surface area contributed by atoms with E-state index in [1.165, 1.54) is 0 Å². The first-order valence-corrected chi connectivity index (χ1v) is 7.07. The number of carbonyl (C=O) groups excluding carboxylic acids is 2. The second-order valence-electron chi connectivity index (χ2n) is 4.97. The Morgan fingerprint density at radius 1 is 1.29 bits per heavy atom. The molecule has 4 nitrogen and oxygen atoms in total. The molecule has 1 aliphatic rings. The van der Waals surface area contributed by atoms with Crippen LogP contribution in [-0.4, -0.2) is 25.0 Å². The molecule has 3 rings (SSSR count). The highest BCUT2D eigenvalue weighted by Gasteiger charge is 2.33. The van der Waals surface area contributed by atoms with Gasteiger partial charge in [-0.15, -0.1) is 0 Å². The molecule has 0 radical (unpaired) electrons. The normalized spacial score (nSPS) is 17.8. The number of rotatable bonds is 2. The van der Waals surface area contributed by atoms with Crippen LogP contribution in [0.1, 0.15) is 23.7 Å². The number of hydrogen-bond donors (Lipinski definition) is 0. The fourth-order valence-corrected chi connectivity index (χ4v) is 2.66. The molecule has 1 heterocycles. The molecule has 21 heavy (non-hydrogen) atoms. The molecule has 4 heteroatoms. The summed E-state index contributed by atoms with van der Waals surface area (Å²) in [6.45, 7) is 2.33. The highest BCUT2D eigenvalue weighted by atomic mass is 16.5. The van der Waals surface area contributed by atoms with Crippen molar-refractivity contribution >= 4 is 22.5 Å². The smallest absolute Gasteiger partial charge is 0.316 e. The van der Waals surface area contributed by atoms with Crippen molar-refractivity contribution in [2.45, 2.75) is 13.3 Å². The van der Waals surface area contributed by atoms with Crippen molar-refractivity contribution in [3.8, 4) is 5.75 Å². The van der Waals surface area contributed by atoms with E-state index in [2.05, 4.69) is 0 Å². The summed E-state index contributed by atoms with van der Waals surface area (Å²) in [5.41, 5.74) is 0.462. The fraction of sp³-hybridized carbons (Fsp3) is 0.294. The average Bonchev–Trinajstić information content (AvgIpc) is 2.67. The standard InChI is InChI=1S/C17H16O4/c1-2-20-17(19)14-9-10-21-16-12-6-4-3-5-11(12)7-8-13(16)15(14)18/h3-8,14H,2,9-10H2,1H3. The van der Waals surface area contributed by atoms with E-state index in [1.807, 2.05) is 30.3 Å². The molecule has 2 aromatic carbocycles. The largest absolute Gasteiger partial charge is 0.492 e. The molecule has 0 aromatic heterocycles. The van der Waals surface area contributed by atoms with Gasteiger partial charge in [0.2, 0.25) is 0 Å². The van der Waals surface area contributed by atoms with Crippen molar-refractivity contribution in [2.75, 3.05) is 13.2 Å². The van der Waals surface area contributed by atoms with Gasteiger partial charge in [0.25, 0.3) is 0 Å². The van der Waals surface area contributed by atoms with Gasteiger partial charge in [-0.2, -0.15) is 0 Å². The molecule has 1 atom stereocenters. The summed E-state index contributed by atoms with van der Waals surface area (Å²) in [5, 5.41) is 1.91. The third kappa shape index (κ3) is 2.37. The summed E-state index contributed by atoms with van der Waals surface area (Å²) in [4.78, 5) is 24.6. The van der Waals surface area contributed by atoms with E-state index in [9.17, 15) is 9.59 Å². The lowest BCUT2D eigenvalue weighted by molar-refractivity contribution is -0.146. The molecule has 0 aliphatic carbocycles. The SMILES string of the molecule is CCOC(=O)C1CCOc2c(ccc3ccccc23)C1=O. The van der Waals surface area contributed by atoms with E-state index in [-0.39, 0.29) is 12.4 Å². The molecular formula is C17H16O4. The van der Waals surface area contributed by atoms with Crippen LogP contribution in [0, 0.1) is 5.92 Å². The van der Waals surface area contributed by atoms with Crippen LogP contribution in [0.25, 0.3) is 10.8 Å². The molecule has 1 aliphatic heterocycles. The van der Waals surface area contributed by atoms with Crippen LogP contribution in [0.15, 0.2) is 36.4 Å². The van der Waals surface area contributed by atoms with Gasteiger partial charge in [0, 0.05) is 11.8 Å². The zero-order chi connectivity index (χ0) is 14.8. The lowest BCUT2D eigenvalue weighted by Crippen LogP contribution is -2.26. The summed E-state index contributed by atoms with van der Waals surface area (Å²) in [6.07, 6.45) is 0.348. The summed E-state index contributed by atoms with van der Waals surface area (Å²) in [7, 11) is 0. The van der Waals surface area contributed by atoms with Gasteiger partial charge in [-0.25, -0.2) is 0 Å². The first-order valence-electron chi connectivity index (χ1n) is 7.07. The maximum atomic E-state index is 12.6. The molecule has 0 fully saturated rings. The number of carbonyl (C=O) groups is 2. The van der Waals surface area contributed by atoms with Crippen molar-refractivity contribution in [3.63, 3.8) is 0 Å². The molecule has 0 amide bonds. The first-order chi connectivity index (χ1) is 10.2. The van der Waals surface area contributed by atoms with E-state index in [0.717, 1.165) is 10.8 Å². The van der Waals surface area contributed by atoms with E-state index >= 15 is 0 Å². The number of ketones is 1. The van der Waals surface area contributed by atoms with Gasteiger partial charge in [0.1, 0.15) is 11.7 Å². The van der Waals surface area contributed by atoms with Crippen molar-refractivity contribution < 1.29 is 19.1 Å². The highest BCUT2D eigenvalue weighted by Crippen LogP contribution is 2.34. The number of esters is 1. The number of Topliss-reactive ketones (excluding diaryl/α,β-unsaturated/α-hetero) is 1. The van der Waals surface area contributed by atoms with Gasteiger partial charge >= 0.3 is 5.97 Å². The van der Waals surface area contributed by atoms with Crippen LogP contribution in [0.5, 0.6) is 5.75 Å². The zero-order valence-electron chi connectivity index (χ0n) is 11.8. The Labute approximate surface area is 122 Å². The Balaban J connectivity index is 2.07. The Morgan fingerprint density at radius 2 is 2.10 bits per heavy atom. The first kappa shape index (κ1) is 13.6. The molecule has 0 spiro atoms. The van der Waals surface area contributed by atoms with Gasteiger partial charge in [-0.05, 0) is 18.4 Å². The molecule has 0 bridgehead atoms. The van der Waals surface area contributed by atoms with Crippen molar-refractivity contribution in [2.24, 2.45) is 5.92 Å². The second kappa shape index (κ2) is 5.56. The average molecular weight is 284 g/mol. The van der Waals surface area contributed by atoms with Crippen molar-refractivity contribution in [3.05, 3.63) is 42.0 Å². The predicted molar refractivity (Wildman–Crippen MR) is 78.5 cm³/mol. The van der Waals surface area contributed by atoms with Crippen LogP contribution in [0.4, 0.5) is 0 Å². The number of hydrogen-bond acceptors (Lipinski definition) is 4. The zero-order valence-corrected chi connectivity index (χ0v) is 11.8. The molecule has 0 saturated heterocycles. The summed E-state index contributed by atoms with van der Waals surface area (Å²) in [6, 6.07) is 11.3. The molecule has 108 valence electrons. The monoisotopic (exact) mass is 284 g/mol. The van der Waals surface area contributed by atoms with E-state index in [4.69, 9.17) is 9.47 Å². The predicted octanol–water partition coefficient (Wildman–Crippen LogP) is 2.98. The summed E-state index contributed by atoms with van der Waals surface area (Å²) < 4.78 is 10.8. The molecule has 2 aromatic rings. The minimum atomic E-state index is -0.771. The van der Waals surface area contributed by atoms with Crippen LogP contribution in [-0.2, 0) is 9.53 Å². The lowest BCUT2D eigenvalue weighted by Gasteiger charge is -2.11. The van der Waals surface area contributed by atoms with Crippen LogP contribution in [0.3, 0.4) is 0 Å². The Kier molecular flexibility index (Phi) is 3.60. The topological polar surface area (TPSA) is 52.6 Å². The Bertz CT molecular complexity index is 705. The molecule has 0 saturated carbocycles. The third-order valence-electron chi connectivity index (χ3n) is 3.69. The van der Waals surface area contributed by atoms with E-state index in [0.29, 0.717) is 24.3 Å². The summed E-state index contributed by atoms with van der Waals surface area (Å²) in [5.74, 6) is -0.879. The second-order valence-corrected chi connectivity index (χ2v) is 4.97. The van der Waals surface area contributed by atoms with Gasteiger partial charge in [-0.3, -0.25) is 9.59 Å². The quantitative estimate of drug-likeness (QED) is 0.628. The third-order valence-corrected chi connectivity index (χ3v) is 3.69. The Morgan fingerprint density at radius 3 is 2.90 bits per heavy atom. The number of benzene rings is 2. The van der Waals surface area contributed by atoms with Gasteiger partial charge in [-0.1, -0.05) is 30.3 Å². The number of ether oxygens (including phenoxy) is 2. The van der Waals surface area contributed by atoms with Gasteiger partial charge in [0.05, 0.1) is 18.8 Å². The van der Waals surface area contributed by atoms with Crippen LogP contribution in [0.2, 0.25) is 0 Å². The van der Waals surface area contributed by atoms with Crippen LogP contribution >= 0.6 is 0 Å². The van der Waals surface area contributed by atoms with Gasteiger partial charge < -0.3 is 9.47 Å². The highest BCUT2D eigenvalue weighted by molar-refractivity contribution is 6.13. The molecule has 0 N–H and O–H groups in total. The molecular weight excluding hydrogens is 268 g/mol. The maximum Gasteiger partial charge on any atom is 0.316 e. The molecule has 1 unspecified atom stereocenters. The van der Waals surface area contributed by atoms with Crippen molar-refractivity contribution in [1.82, 2.24) is 0 Å². The van der Waals surface area contributed by atoms with Gasteiger partial charge in [0.15, 0.2) is 5.78 Å². The Hall–Kier alpha value is -2.36. The van der Waals surface area contributed by atoms with E-state index in [1.54, 1.807) is 13.0 Å². The van der Waals surface area contributed by atoms with Crippen LogP contribution < -0.4 is 4.74 Å².